The van der Waals surface area contributed by atoms with Crippen LogP contribution in [-0.4, -0.2) is 80.2 Å². The fraction of sp³-hybridized carbons (Fsp3) is 0.360. The Hall–Kier alpha value is -3.43. The Morgan fingerprint density at radius 2 is 1.71 bits per heavy atom. The van der Waals surface area contributed by atoms with Gasteiger partial charge in [0.25, 0.3) is 11.7 Å². The average Bonchev–Trinajstić information content (AvgIpc) is 3.12. The molecule has 1 N–H and O–H groups in total. The van der Waals surface area contributed by atoms with E-state index < -0.39 is 23.5 Å². The molecule has 180 valence electrons. The third kappa shape index (κ3) is 4.62. The molecule has 2 aliphatic heterocycles. The molecule has 0 spiro atoms. The smallest absolute Gasteiger partial charge is 0.295 e. The summed E-state index contributed by atoms with van der Waals surface area (Å²) in [6.45, 7) is 3.53. The van der Waals surface area contributed by atoms with E-state index in [0.29, 0.717) is 36.8 Å². The predicted molar refractivity (Wildman–Crippen MR) is 122 cm³/mol. The maximum Gasteiger partial charge on any atom is 0.295 e. The largest absolute Gasteiger partial charge is 0.507 e. The number of hydrogen-bond acceptors (Lipinski definition) is 7. The van der Waals surface area contributed by atoms with Gasteiger partial charge < -0.3 is 24.2 Å². The molecule has 0 aromatic heterocycles. The molecule has 0 unspecified atom stereocenters. The molecule has 2 aromatic rings. The van der Waals surface area contributed by atoms with Crippen molar-refractivity contribution in [2.24, 2.45) is 0 Å². The summed E-state index contributed by atoms with van der Waals surface area (Å²) in [5.74, 6) is -1.39. The van der Waals surface area contributed by atoms with Gasteiger partial charge in [-0.15, -0.1) is 0 Å². The van der Waals surface area contributed by atoms with E-state index in [-0.39, 0.29) is 23.4 Å². The van der Waals surface area contributed by atoms with Crippen molar-refractivity contribution >= 4 is 17.4 Å². The number of nitrogens with zero attached hydrogens (tertiary/aromatic N) is 2. The van der Waals surface area contributed by atoms with Crippen LogP contribution in [0.4, 0.5) is 4.39 Å². The number of amides is 1. The van der Waals surface area contributed by atoms with Crippen molar-refractivity contribution in [3.05, 3.63) is 65.0 Å². The molecule has 0 aliphatic carbocycles. The standard InChI is InChI=1S/C25H27FN2O6/c1-32-19-8-5-17(15-20(19)33-2)22-21(23(29)16-3-6-18(26)7-4-16)24(30)25(31)28(22)10-9-27-11-13-34-14-12-27/h3-8,15,22,29H,9-14H2,1-2H3/b23-21+/t22-/m0/s1. The van der Waals surface area contributed by atoms with E-state index in [9.17, 15) is 19.1 Å². The molecule has 2 saturated heterocycles. The van der Waals surface area contributed by atoms with Gasteiger partial charge in [-0.05, 0) is 42.0 Å². The number of ketones is 1. The molecular formula is C25H27FN2O6. The fourth-order valence-corrected chi connectivity index (χ4v) is 4.32. The molecule has 2 fully saturated rings. The van der Waals surface area contributed by atoms with Crippen LogP contribution >= 0.6 is 0 Å². The Kier molecular flexibility index (Phi) is 7.14. The molecule has 8 nitrogen and oxygen atoms in total. The predicted octanol–water partition coefficient (Wildman–Crippen LogP) is 2.60. The first-order valence-corrected chi connectivity index (χ1v) is 11.0. The zero-order chi connectivity index (χ0) is 24.2. The Bertz CT molecular complexity index is 1100. The normalized spacial score (nSPS) is 20.6. The van der Waals surface area contributed by atoms with Crippen LogP contribution in [0.15, 0.2) is 48.0 Å². The summed E-state index contributed by atoms with van der Waals surface area (Å²) in [5, 5.41) is 11.1. The second-order valence-corrected chi connectivity index (χ2v) is 8.07. The van der Waals surface area contributed by atoms with Gasteiger partial charge in [0.15, 0.2) is 11.5 Å². The van der Waals surface area contributed by atoms with Gasteiger partial charge in [0.05, 0.1) is 39.0 Å². The summed E-state index contributed by atoms with van der Waals surface area (Å²) >= 11 is 0. The number of aliphatic hydroxyl groups is 1. The molecule has 0 radical (unpaired) electrons. The van der Waals surface area contributed by atoms with Crippen molar-refractivity contribution in [2.75, 3.05) is 53.6 Å². The Labute approximate surface area is 197 Å². The lowest BCUT2D eigenvalue weighted by Crippen LogP contribution is -2.42. The summed E-state index contributed by atoms with van der Waals surface area (Å²) in [5.41, 5.74) is 0.784. The number of ether oxygens (including phenoxy) is 3. The van der Waals surface area contributed by atoms with Crippen LogP contribution in [0.25, 0.3) is 5.76 Å². The lowest BCUT2D eigenvalue weighted by Gasteiger charge is -2.31. The average molecular weight is 470 g/mol. The van der Waals surface area contributed by atoms with Crippen molar-refractivity contribution in [2.45, 2.75) is 6.04 Å². The van der Waals surface area contributed by atoms with Crippen LogP contribution in [0.2, 0.25) is 0 Å². The molecule has 9 heteroatoms. The minimum absolute atomic E-state index is 0.0502. The number of halogens is 1. The zero-order valence-corrected chi connectivity index (χ0v) is 19.1. The van der Waals surface area contributed by atoms with Crippen molar-refractivity contribution in [3.63, 3.8) is 0 Å². The van der Waals surface area contributed by atoms with Crippen LogP contribution in [0, 0.1) is 5.82 Å². The SMILES string of the molecule is COc1ccc([C@H]2/C(=C(\O)c3ccc(F)cc3)C(=O)C(=O)N2CCN2CCOCC2)cc1OC. The molecule has 0 saturated carbocycles. The monoisotopic (exact) mass is 470 g/mol. The van der Waals surface area contributed by atoms with Crippen molar-refractivity contribution in [3.8, 4) is 11.5 Å². The number of likely N-dealkylation sites (tertiary alicyclic amines) is 1. The third-order valence-electron chi connectivity index (χ3n) is 6.14. The van der Waals surface area contributed by atoms with E-state index in [2.05, 4.69) is 4.90 Å². The first kappa shape index (κ1) is 23.7. The molecule has 34 heavy (non-hydrogen) atoms. The second kappa shape index (κ2) is 10.2. The van der Waals surface area contributed by atoms with Crippen molar-refractivity contribution in [1.82, 2.24) is 9.80 Å². The molecule has 2 aliphatic rings. The molecule has 2 heterocycles. The highest BCUT2D eigenvalue weighted by atomic mass is 19.1. The topological polar surface area (TPSA) is 88.5 Å². The number of aliphatic hydroxyl groups excluding tert-OH is 1. The van der Waals surface area contributed by atoms with E-state index >= 15 is 0 Å². The van der Waals surface area contributed by atoms with E-state index in [1.54, 1.807) is 18.2 Å². The highest BCUT2D eigenvalue weighted by molar-refractivity contribution is 6.46. The van der Waals surface area contributed by atoms with Crippen molar-refractivity contribution in [1.29, 1.82) is 0 Å². The summed E-state index contributed by atoms with van der Waals surface area (Å²) in [6.07, 6.45) is 0. The summed E-state index contributed by atoms with van der Waals surface area (Å²) in [7, 11) is 3.01. The Morgan fingerprint density at radius 3 is 2.35 bits per heavy atom. The number of rotatable bonds is 7. The molecule has 4 rings (SSSR count). The Morgan fingerprint density at radius 1 is 1.03 bits per heavy atom. The van der Waals surface area contributed by atoms with E-state index in [4.69, 9.17) is 14.2 Å². The number of methoxy groups -OCH3 is 2. The van der Waals surface area contributed by atoms with Crippen molar-refractivity contribution < 1.29 is 33.3 Å². The molecule has 1 amide bonds. The van der Waals surface area contributed by atoms with Gasteiger partial charge in [-0.2, -0.15) is 0 Å². The highest BCUT2D eigenvalue weighted by Gasteiger charge is 2.46. The van der Waals surface area contributed by atoms with Gasteiger partial charge in [0.2, 0.25) is 0 Å². The van der Waals surface area contributed by atoms with E-state index in [1.165, 1.54) is 43.4 Å². The molecular weight excluding hydrogens is 443 g/mol. The number of carbonyl (C=O) groups excluding carboxylic acids is 2. The van der Waals surface area contributed by atoms with Crippen LogP contribution < -0.4 is 9.47 Å². The second-order valence-electron chi connectivity index (χ2n) is 8.07. The number of morpholine rings is 1. The molecule has 1 atom stereocenters. The third-order valence-corrected chi connectivity index (χ3v) is 6.14. The zero-order valence-electron chi connectivity index (χ0n) is 19.1. The summed E-state index contributed by atoms with van der Waals surface area (Å²) in [4.78, 5) is 29.9. The lowest BCUT2D eigenvalue weighted by atomic mass is 9.95. The Balaban J connectivity index is 1.77. The minimum Gasteiger partial charge on any atom is -0.507 e. The first-order valence-electron chi connectivity index (χ1n) is 11.0. The highest BCUT2D eigenvalue weighted by Crippen LogP contribution is 2.41. The van der Waals surface area contributed by atoms with Gasteiger partial charge in [-0.1, -0.05) is 6.07 Å². The van der Waals surface area contributed by atoms with Gasteiger partial charge in [0.1, 0.15) is 11.6 Å². The number of benzene rings is 2. The molecule has 2 aromatic carbocycles. The minimum atomic E-state index is -0.842. The number of carbonyl (C=O) groups is 2. The van der Waals surface area contributed by atoms with Crippen LogP contribution in [0.1, 0.15) is 17.2 Å². The number of Topliss-reactive ketones (excluding diaryl/α,β-unsaturated/α-hetero) is 1. The summed E-state index contributed by atoms with van der Waals surface area (Å²) in [6, 6.07) is 9.39. The molecule has 0 bridgehead atoms. The van der Waals surface area contributed by atoms with E-state index in [1.807, 2.05) is 0 Å². The quantitative estimate of drug-likeness (QED) is 0.378. The summed E-state index contributed by atoms with van der Waals surface area (Å²) < 4.78 is 29.6. The van der Waals surface area contributed by atoms with Crippen LogP contribution in [0.5, 0.6) is 11.5 Å². The first-order chi connectivity index (χ1) is 16.4. The van der Waals surface area contributed by atoms with Gasteiger partial charge >= 0.3 is 0 Å². The van der Waals surface area contributed by atoms with Crippen LogP contribution in [-0.2, 0) is 14.3 Å². The maximum atomic E-state index is 13.4. The fourth-order valence-electron chi connectivity index (χ4n) is 4.32. The van der Waals surface area contributed by atoms with E-state index in [0.717, 1.165) is 13.1 Å². The van der Waals surface area contributed by atoms with Gasteiger partial charge in [0, 0.05) is 31.7 Å². The van der Waals surface area contributed by atoms with Gasteiger partial charge in [-0.25, -0.2) is 4.39 Å². The number of hydrogen-bond donors (Lipinski definition) is 1. The van der Waals surface area contributed by atoms with Crippen LogP contribution in [0.3, 0.4) is 0 Å². The van der Waals surface area contributed by atoms with Gasteiger partial charge in [-0.3, -0.25) is 14.5 Å². The lowest BCUT2D eigenvalue weighted by molar-refractivity contribution is -0.140. The maximum absolute atomic E-state index is 13.4.